The Morgan fingerprint density at radius 1 is 1.20 bits per heavy atom. The fourth-order valence-electron chi connectivity index (χ4n) is 1.32. The second-order valence-corrected chi connectivity index (χ2v) is 3.90. The summed E-state index contributed by atoms with van der Waals surface area (Å²) in [6, 6.07) is 9.81. The average Bonchev–Trinajstić information content (AvgIpc) is 2.30. The van der Waals surface area contributed by atoms with Crippen molar-refractivity contribution in [3.63, 3.8) is 0 Å². The van der Waals surface area contributed by atoms with Crippen molar-refractivity contribution in [3.05, 3.63) is 46.8 Å². The number of nitrogens with two attached hydrogens (primary N) is 1. The molecule has 2 N–H and O–H groups in total. The van der Waals surface area contributed by atoms with E-state index in [2.05, 4.69) is 25.9 Å². The lowest BCUT2D eigenvalue weighted by Crippen LogP contribution is -2.03. The van der Waals surface area contributed by atoms with Gasteiger partial charge in [-0.3, -0.25) is 0 Å². The highest BCUT2D eigenvalue weighted by molar-refractivity contribution is 9.10. The van der Waals surface area contributed by atoms with Gasteiger partial charge in [0.1, 0.15) is 5.82 Å². The zero-order valence-electron chi connectivity index (χ0n) is 8.02. The van der Waals surface area contributed by atoms with Crippen molar-refractivity contribution in [1.29, 1.82) is 0 Å². The Kier molecular flexibility index (Phi) is 3.08. The lowest BCUT2D eigenvalue weighted by atomic mass is 10.1. The van der Waals surface area contributed by atoms with Gasteiger partial charge in [-0.1, -0.05) is 34.1 Å². The van der Waals surface area contributed by atoms with Crippen molar-refractivity contribution in [2.24, 2.45) is 5.73 Å². The third kappa shape index (κ3) is 2.22. The number of halogens is 1. The largest absolute Gasteiger partial charge is 0.324 e. The van der Waals surface area contributed by atoms with Crippen LogP contribution in [-0.2, 0) is 6.54 Å². The van der Waals surface area contributed by atoms with E-state index >= 15 is 0 Å². The van der Waals surface area contributed by atoms with Crippen LogP contribution in [0.1, 0.15) is 5.82 Å². The van der Waals surface area contributed by atoms with E-state index in [1.807, 2.05) is 30.3 Å². The number of nitrogens with zero attached hydrogens (tertiary/aromatic N) is 2. The lowest BCUT2D eigenvalue weighted by Gasteiger charge is -2.04. The Hall–Kier alpha value is -1.26. The molecule has 0 unspecified atom stereocenters. The van der Waals surface area contributed by atoms with E-state index in [-0.39, 0.29) is 0 Å². The second-order valence-electron chi connectivity index (χ2n) is 3.04. The Morgan fingerprint density at radius 3 is 2.73 bits per heavy atom. The third-order valence-corrected chi connectivity index (χ3v) is 2.73. The summed E-state index contributed by atoms with van der Waals surface area (Å²) in [5.41, 5.74) is 7.44. The molecule has 0 amide bonds. The van der Waals surface area contributed by atoms with Gasteiger partial charge in [0, 0.05) is 16.2 Å². The van der Waals surface area contributed by atoms with Gasteiger partial charge in [0.15, 0.2) is 0 Å². The summed E-state index contributed by atoms with van der Waals surface area (Å²) >= 11 is 3.49. The van der Waals surface area contributed by atoms with Gasteiger partial charge in [0.2, 0.25) is 0 Å². The molecule has 0 bridgehead atoms. The summed E-state index contributed by atoms with van der Waals surface area (Å²) in [5, 5.41) is 0. The lowest BCUT2D eigenvalue weighted by molar-refractivity contribution is 0.912. The third-order valence-electron chi connectivity index (χ3n) is 2.04. The molecule has 0 aliphatic carbocycles. The minimum absolute atomic E-state index is 0.359. The highest BCUT2D eigenvalue weighted by Crippen LogP contribution is 2.25. The van der Waals surface area contributed by atoms with Gasteiger partial charge in [-0.25, -0.2) is 9.97 Å². The number of benzene rings is 1. The molecular weight excluding hydrogens is 254 g/mol. The van der Waals surface area contributed by atoms with Crippen LogP contribution in [0.4, 0.5) is 0 Å². The Balaban J connectivity index is 2.49. The zero-order valence-corrected chi connectivity index (χ0v) is 9.61. The quantitative estimate of drug-likeness (QED) is 0.905. The Labute approximate surface area is 96.5 Å². The van der Waals surface area contributed by atoms with Crippen LogP contribution in [0.2, 0.25) is 0 Å². The van der Waals surface area contributed by atoms with Crippen LogP contribution in [-0.4, -0.2) is 9.97 Å². The first kappa shape index (κ1) is 10.3. The number of rotatable bonds is 2. The molecule has 1 heterocycles. The van der Waals surface area contributed by atoms with Gasteiger partial charge < -0.3 is 5.73 Å². The van der Waals surface area contributed by atoms with E-state index in [4.69, 9.17) is 5.73 Å². The topological polar surface area (TPSA) is 51.8 Å². The van der Waals surface area contributed by atoms with Crippen LogP contribution in [0.15, 0.2) is 41.0 Å². The second kappa shape index (κ2) is 4.51. The maximum atomic E-state index is 5.50. The monoisotopic (exact) mass is 263 g/mol. The van der Waals surface area contributed by atoms with Crippen LogP contribution in [0.5, 0.6) is 0 Å². The summed E-state index contributed by atoms with van der Waals surface area (Å²) in [6.07, 6.45) is 1.73. The van der Waals surface area contributed by atoms with Crippen molar-refractivity contribution < 1.29 is 0 Å². The zero-order chi connectivity index (χ0) is 10.7. The van der Waals surface area contributed by atoms with Crippen LogP contribution >= 0.6 is 15.9 Å². The standard InChI is InChI=1S/C11H10BrN3/c12-9-4-2-1-3-8(9)10-5-6-14-11(7-13)15-10/h1-6H,7,13H2. The molecule has 0 saturated heterocycles. The summed E-state index contributed by atoms with van der Waals surface area (Å²) in [5.74, 6) is 0.656. The van der Waals surface area contributed by atoms with Crippen LogP contribution in [0.3, 0.4) is 0 Å². The maximum Gasteiger partial charge on any atom is 0.142 e. The van der Waals surface area contributed by atoms with Gasteiger partial charge in [0.05, 0.1) is 12.2 Å². The fraction of sp³-hybridized carbons (Fsp3) is 0.0909. The molecule has 3 nitrogen and oxygen atoms in total. The fourth-order valence-corrected chi connectivity index (χ4v) is 1.80. The minimum Gasteiger partial charge on any atom is -0.324 e. The van der Waals surface area contributed by atoms with Gasteiger partial charge in [-0.2, -0.15) is 0 Å². The van der Waals surface area contributed by atoms with Crippen molar-refractivity contribution in [2.75, 3.05) is 0 Å². The van der Waals surface area contributed by atoms with E-state index in [9.17, 15) is 0 Å². The minimum atomic E-state index is 0.359. The van der Waals surface area contributed by atoms with E-state index in [0.717, 1.165) is 15.7 Å². The molecular formula is C11H10BrN3. The molecule has 2 aromatic rings. The Morgan fingerprint density at radius 2 is 2.00 bits per heavy atom. The van der Waals surface area contributed by atoms with Crippen molar-refractivity contribution in [1.82, 2.24) is 9.97 Å². The summed E-state index contributed by atoms with van der Waals surface area (Å²) in [7, 11) is 0. The molecule has 4 heteroatoms. The molecule has 76 valence electrons. The maximum absolute atomic E-state index is 5.50. The molecule has 0 fully saturated rings. The van der Waals surface area contributed by atoms with Crippen LogP contribution < -0.4 is 5.73 Å². The molecule has 15 heavy (non-hydrogen) atoms. The first-order chi connectivity index (χ1) is 7.31. The van der Waals surface area contributed by atoms with Crippen molar-refractivity contribution in [2.45, 2.75) is 6.54 Å². The van der Waals surface area contributed by atoms with E-state index in [1.165, 1.54) is 0 Å². The average molecular weight is 264 g/mol. The molecule has 0 aliphatic rings. The van der Waals surface area contributed by atoms with Gasteiger partial charge >= 0.3 is 0 Å². The molecule has 0 aliphatic heterocycles. The van der Waals surface area contributed by atoms with E-state index in [0.29, 0.717) is 12.4 Å². The van der Waals surface area contributed by atoms with E-state index in [1.54, 1.807) is 6.20 Å². The number of hydrogen-bond acceptors (Lipinski definition) is 3. The predicted molar refractivity (Wildman–Crippen MR) is 63.1 cm³/mol. The van der Waals surface area contributed by atoms with Crippen molar-refractivity contribution in [3.8, 4) is 11.3 Å². The predicted octanol–water partition coefficient (Wildman–Crippen LogP) is 2.36. The Bertz CT molecular complexity index is 471. The van der Waals surface area contributed by atoms with Gasteiger partial charge in [-0.05, 0) is 12.1 Å². The smallest absolute Gasteiger partial charge is 0.142 e. The summed E-state index contributed by atoms with van der Waals surface area (Å²) in [4.78, 5) is 8.42. The molecule has 0 radical (unpaired) electrons. The first-order valence-corrected chi connectivity index (χ1v) is 5.37. The normalized spacial score (nSPS) is 10.3. The number of aromatic nitrogens is 2. The van der Waals surface area contributed by atoms with Crippen LogP contribution in [0.25, 0.3) is 11.3 Å². The first-order valence-electron chi connectivity index (χ1n) is 4.58. The molecule has 0 atom stereocenters. The highest BCUT2D eigenvalue weighted by atomic mass is 79.9. The molecule has 0 saturated carbocycles. The number of hydrogen-bond donors (Lipinski definition) is 1. The molecule has 1 aromatic carbocycles. The molecule has 1 aromatic heterocycles. The van der Waals surface area contributed by atoms with Gasteiger partial charge in [0.25, 0.3) is 0 Å². The van der Waals surface area contributed by atoms with E-state index < -0.39 is 0 Å². The summed E-state index contributed by atoms with van der Waals surface area (Å²) < 4.78 is 1.02. The SMILES string of the molecule is NCc1nccc(-c2ccccc2Br)n1. The van der Waals surface area contributed by atoms with Crippen molar-refractivity contribution >= 4 is 15.9 Å². The molecule has 0 spiro atoms. The summed E-state index contributed by atoms with van der Waals surface area (Å²) in [6.45, 7) is 0.359. The van der Waals surface area contributed by atoms with Gasteiger partial charge in [-0.15, -0.1) is 0 Å². The highest BCUT2D eigenvalue weighted by Gasteiger charge is 2.04. The molecule has 2 rings (SSSR count). The van der Waals surface area contributed by atoms with Crippen LogP contribution in [0, 0.1) is 0 Å².